The van der Waals surface area contributed by atoms with Crippen LogP contribution in [0.4, 0.5) is 0 Å². The minimum absolute atomic E-state index is 0.209. The van der Waals surface area contributed by atoms with Crippen LogP contribution in [0.2, 0.25) is 0 Å². The maximum absolute atomic E-state index is 8.50. The lowest BCUT2D eigenvalue weighted by molar-refractivity contribution is 0.338. The lowest BCUT2D eigenvalue weighted by Crippen LogP contribution is -2.31. The van der Waals surface area contributed by atoms with Crippen molar-refractivity contribution in [2.45, 2.75) is 0 Å². The summed E-state index contributed by atoms with van der Waals surface area (Å²) < 4.78 is 0. The number of hydrogen-bond acceptors (Lipinski definition) is 4. The quantitative estimate of drug-likeness (QED) is 0.219. The fourth-order valence-corrected chi connectivity index (χ4v) is 0.451. The van der Waals surface area contributed by atoms with Crippen molar-refractivity contribution in [3.63, 3.8) is 0 Å². The van der Waals surface area contributed by atoms with Gasteiger partial charge in [-0.2, -0.15) is 0 Å². The molecule has 0 saturated carbocycles. The van der Waals surface area contributed by atoms with Gasteiger partial charge in [0.1, 0.15) is 0 Å². The van der Waals surface area contributed by atoms with E-state index >= 15 is 0 Å². The molecule has 0 amide bonds. The maximum atomic E-state index is 8.50. The fraction of sp³-hybridized carbons (Fsp3) is 0.333. The number of nitrogens with two attached hydrogens (primary N) is 2. The molecule has 0 fully saturated rings. The van der Waals surface area contributed by atoms with Crippen LogP contribution in [0.1, 0.15) is 0 Å². The first-order chi connectivity index (χ1) is 4.66. The highest BCUT2D eigenvalue weighted by Crippen LogP contribution is 1.81. The Morgan fingerprint density at radius 2 is 2.20 bits per heavy atom. The van der Waals surface area contributed by atoms with E-state index in [4.69, 9.17) is 16.7 Å². The van der Waals surface area contributed by atoms with Crippen molar-refractivity contribution >= 4 is 0 Å². The standard InChI is InChI=1S/C6H13N3O/c1-2-4-9(8)5-3-6(7)10/h2-3,10H,1,4-5,7-8H2. The zero-order valence-corrected chi connectivity index (χ0v) is 5.83. The molecule has 58 valence electrons. The molecule has 0 aliphatic rings. The smallest absolute Gasteiger partial charge is 0.178 e. The topological polar surface area (TPSA) is 75.5 Å². The van der Waals surface area contributed by atoms with Gasteiger partial charge in [-0.1, -0.05) is 6.08 Å². The Hall–Kier alpha value is -1.00. The summed E-state index contributed by atoms with van der Waals surface area (Å²) in [6.07, 6.45) is 3.09. The molecule has 10 heavy (non-hydrogen) atoms. The first-order valence-electron chi connectivity index (χ1n) is 2.92. The van der Waals surface area contributed by atoms with Crippen molar-refractivity contribution in [3.8, 4) is 0 Å². The predicted molar refractivity (Wildman–Crippen MR) is 40.9 cm³/mol. The fourth-order valence-electron chi connectivity index (χ4n) is 0.451. The molecule has 0 aliphatic heterocycles. The van der Waals surface area contributed by atoms with Crippen LogP contribution < -0.4 is 11.6 Å². The molecule has 0 aromatic carbocycles. The van der Waals surface area contributed by atoms with Crippen molar-refractivity contribution in [3.05, 3.63) is 24.6 Å². The Morgan fingerprint density at radius 3 is 2.60 bits per heavy atom. The van der Waals surface area contributed by atoms with Crippen LogP contribution in [0.5, 0.6) is 0 Å². The maximum Gasteiger partial charge on any atom is 0.178 e. The SMILES string of the molecule is C=CCN(N)CC=C(N)O. The zero-order chi connectivity index (χ0) is 7.98. The molecule has 0 saturated heterocycles. The zero-order valence-electron chi connectivity index (χ0n) is 5.83. The summed E-state index contributed by atoms with van der Waals surface area (Å²) in [6.45, 7) is 4.49. The van der Waals surface area contributed by atoms with Gasteiger partial charge in [-0.25, -0.2) is 5.01 Å². The largest absolute Gasteiger partial charge is 0.495 e. The van der Waals surface area contributed by atoms with E-state index in [2.05, 4.69) is 6.58 Å². The molecule has 0 radical (unpaired) electrons. The Balaban J connectivity index is 3.48. The highest BCUT2D eigenvalue weighted by Gasteiger charge is 1.90. The van der Waals surface area contributed by atoms with E-state index in [0.29, 0.717) is 13.1 Å². The third-order valence-electron chi connectivity index (χ3n) is 0.899. The molecule has 0 spiro atoms. The normalized spacial score (nSPS) is 12.0. The average Bonchev–Trinajstić information content (AvgIpc) is 1.85. The van der Waals surface area contributed by atoms with E-state index in [1.807, 2.05) is 0 Å². The molecule has 0 heterocycles. The highest BCUT2D eigenvalue weighted by molar-refractivity contribution is 4.87. The summed E-state index contributed by atoms with van der Waals surface area (Å²) in [6, 6.07) is 0. The van der Waals surface area contributed by atoms with E-state index in [9.17, 15) is 0 Å². The van der Waals surface area contributed by atoms with Crippen molar-refractivity contribution in [1.82, 2.24) is 5.01 Å². The molecular weight excluding hydrogens is 130 g/mol. The molecule has 4 nitrogen and oxygen atoms in total. The molecule has 0 atom stereocenters. The molecular formula is C6H13N3O. The van der Waals surface area contributed by atoms with Gasteiger partial charge >= 0.3 is 0 Å². The van der Waals surface area contributed by atoms with Gasteiger partial charge in [0.25, 0.3) is 0 Å². The summed E-state index contributed by atoms with van der Waals surface area (Å²) in [5.74, 6) is 5.17. The van der Waals surface area contributed by atoms with Crippen molar-refractivity contribution in [2.75, 3.05) is 13.1 Å². The molecule has 0 aromatic heterocycles. The van der Waals surface area contributed by atoms with Crippen LogP contribution in [-0.4, -0.2) is 23.2 Å². The molecule has 0 aliphatic carbocycles. The van der Waals surface area contributed by atoms with Crippen LogP contribution in [0, 0.1) is 0 Å². The molecule has 0 aromatic rings. The number of nitrogens with zero attached hydrogens (tertiary/aromatic N) is 1. The molecule has 0 bridgehead atoms. The second kappa shape index (κ2) is 4.84. The Bertz CT molecular complexity index is 129. The third kappa shape index (κ3) is 5.14. The first kappa shape index (κ1) is 9.00. The van der Waals surface area contributed by atoms with E-state index in [-0.39, 0.29) is 5.88 Å². The van der Waals surface area contributed by atoms with Gasteiger partial charge in [0, 0.05) is 13.1 Å². The first-order valence-corrected chi connectivity index (χ1v) is 2.92. The Morgan fingerprint density at radius 1 is 1.60 bits per heavy atom. The van der Waals surface area contributed by atoms with Gasteiger partial charge in [-0.3, -0.25) is 5.84 Å². The van der Waals surface area contributed by atoms with Crippen LogP contribution in [0.3, 0.4) is 0 Å². The predicted octanol–water partition coefficient (Wildman–Crippen LogP) is -0.294. The number of aliphatic hydroxyl groups excluding tert-OH is 1. The number of hydrazine groups is 1. The van der Waals surface area contributed by atoms with E-state index in [1.165, 1.54) is 11.1 Å². The van der Waals surface area contributed by atoms with Crippen LogP contribution in [0.25, 0.3) is 0 Å². The summed E-state index contributed by atoms with van der Waals surface area (Å²) in [5.41, 5.74) is 4.95. The van der Waals surface area contributed by atoms with Gasteiger partial charge in [0.15, 0.2) is 5.88 Å². The van der Waals surface area contributed by atoms with Crippen molar-refractivity contribution < 1.29 is 5.11 Å². The van der Waals surface area contributed by atoms with Crippen molar-refractivity contribution in [1.29, 1.82) is 0 Å². The van der Waals surface area contributed by atoms with Gasteiger partial charge in [-0.15, -0.1) is 6.58 Å². The van der Waals surface area contributed by atoms with E-state index < -0.39 is 0 Å². The van der Waals surface area contributed by atoms with Gasteiger partial charge < -0.3 is 10.8 Å². The Kier molecular flexibility index (Phi) is 4.36. The number of hydrogen-bond donors (Lipinski definition) is 3. The average molecular weight is 143 g/mol. The lowest BCUT2D eigenvalue weighted by atomic mass is 10.5. The van der Waals surface area contributed by atoms with Crippen LogP contribution in [-0.2, 0) is 0 Å². The van der Waals surface area contributed by atoms with Crippen molar-refractivity contribution in [2.24, 2.45) is 11.6 Å². The molecule has 4 heteroatoms. The van der Waals surface area contributed by atoms with E-state index in [0.717, 1.165) is 0 Å². The van der Waals surface area contributed by atoms with Gasteiger partial charge in [-0.05, 0) is 6.08 Å². The Labute approximate surface area is 60.4 Å². The molecule has 5 N–H and O–H groups in total. The third-order valence-corrected chi connectivity index (χ3v) is 0.899. The number of rotatable bonds is 4. The summed E-state index contributed by atoms with van der Waals surface area (Å²) in [7, 11) is 0. The second-order valence-corrected chi connectivity index (χ2v) is 1.87. The summed E-state index contributed by atoms with van der Waals surface area (Å²) in [4.78, 5) is 0. The number of aliphatic hydroxyl groups is 1. The van der Waals surface area contributed by atoms with Crippen LogP contribution >= 0.6 is 0 Å². The highest BCUT2D eigenvalue weighted by atomic mass is 16.3. The molecule has 0 unspecified atom stereocenters. The minimum Gasteiger partial charge on any atom is -0.495 e. The monoisotopic (exact) mass is 143 g/mol. The summed E-state index contributed by atoms with van der Waals surface area (Å²) in [5, 5.41) is 9.97. The van der Waals surface area contributed by atoms with E-state index in [1.54, 1.807) is 6.08 Å². The second-order valence-electron chi connectivity index (χ2n) is 1.87. The molecule has 0 rings (SSSR count). The minimum atomic E-state index is -0.209. The van der Waals surface area contributed by atoms with Gasteiger partial charge in [0.2, 0.25) is 0 Å². The lowest BCUT2D eigenvalue weighted by Gasteiger charge is -2.09. The van der Waals surface area contributed by atoms with Crippen LogP contribution in [0.15, 0.2) is 24.6 Å². The van der Waals surface area contributed by atoms with Gasteiger partial charge in [0.05, 0.1) is 0 Å². The summed E-state index contributed by atoms with van der Waals surface area (Å²) >= 11 is 0.